The lowest BCUT2D eigenvalue weighted by Crippen LogP contribution is -2.61. The van der Waals surface area contributed by atoms with Crippen LogP contribution in [0.3, 0.4) is 0 Å². The topological polar surface area (TPSA) is 62.7 Å². The van der Waals surface area contributed by atoms with Gasteiger partial charge in [-0.15, -0.1) is 11.3 Å². The number of ether oxygens (including phenoxy) is 1. The van der Waals surface area contributed by atoms with Crippen molar-refractivity contribution in [2.24, 2.45) is 0 Å². The normalized spacial score (nSPS) is 26.6. The van der Waals surface area contributed by atoms with Crippen molar-refractivity contribution in [3.05, 3.63) is 16.1 Å². The van der Waals surface area contributed by atoms with Crippen LogP contribution >= 0.6 is 11.3 Å². The highest BCUT2D eigenvalue weighted by atomic mass is 32.1. The maximum absolute atomic E-state index is 12.5. The number of likely N-dealkylation sites (tertiary alicyclic amines) is 1. The average molecular weight is 295 g/mol. The Hall–Kier alpha value is -1.47. The number of piperidine rings is 1. The highest BCUT2D eigenvalue weighted by Gasteiger charge is 2.40. The maximum Gasteiger partial charge on any atom is 0.265 e. The monoisotopic (exact) mass is 295 g/mol. The van der Waals surface area contributed by atoms with E-state index < -0.39 is 0 Å². The number of hydrogen-bond donors (Lipinski definition) is 0. The fourth-order valence-electron chi connectivity index (χ4n) is 2.78. The van der Waals surface area contributed by atoms with Gasteiger partial charge in [0.1, 0.15) is 11.5 Å². The Kier molecular flexibility index (Phi) is 3.47. The summed E-state index contributed by atoms with van der Waals surface area (Å²) >= 11 is 1.37. The van der Waals surface area contributed by atoms with Gasteiger partial charge in [0.05, 0.1) is 23.4 Å². The van der Waals surface area contributed by atoms with Gasteiger partial charge in [-0.1, -0.05) is 0 Å². The predicted molar refractivity (Wildman–Crippen MR) is 73.7 cm³/mol. The third-order valence-corrected chi connectivity index (χ3v) is 4.98. The van der Waals surface area contributed by atoms with E-state index >= 15 is 0 Å². The molecular formula is C13H17N3O3S. The number of nitrogens with zero attached hydrogens (tertiary/aromatic N) is 3. The number of fused-ring (bicyclic) bond motifs is 1. The zero-order chi connectivity index (χ0) is 14.3. The zero-order valence-corrected chi connectivity index (χ0v) is 12.4. The number of hydrogen-bond acceptors (Lipinski definition) is 5. The Balaban J connectivity index is 1.76. The second-order valence-corrected chi connectivity index (χ2v) is 6.08. The number of thiazole rings is 1. The molecule has 2 saturated heterocycles. The van der Waals surface area contributed by atoms with Gasteiger partial charge in [-0.05, 0) is 13.3 Å². The lowest BCUT2D eigenvalue weighted by Gasteiger charge is -2.45. The molecule has 0 aliphatic carbocycles. The molecule has 3 heterocycles. The number of carbonyl (C=O) groups excluding carboxylic acids is 2. The van der Waals surface area contributed by atoms with E-state index in [2.05, 4.69) is 4.98 Å². The standard InChI is InChI=1S/C13H17N3O3S/c1-8-12(20-7-14-8)13(18)16-4-3-10-9(5-16)15(2)11(17)6-19-10/h7,9-10H,3-6H2,1-2H3/t9-,10+/m0/s1. The van der Waals surface area contributed by atoms with Crippen LogP contribution in [-0.4, -0.2) is 65.5 Å². The summed E-state index contributed by atoms with van der Waals surface area (Å²) in [6.45, 7) is 3.19. The number of aromatic nitrogens is 1. The predicted octanol–water partition coefficient (Wildman–Crippen LogP) is 0.523. The number of morpholine rings is 1. The molecule has 1 aromatic heterocycles. The van der Waals surface area contributed by atoms with Crippen LogP contribution in [0, 0.1) is 6.92 Å². The van der Waals surface area contributed by atoms with Crippen LogP contribution in [0.25, 0.3) is 0 Å². The molecule has 0 aromatic carbocycles. The van der Waals surface area contributed by atoms with Gasteiger partial charge in [0.25, 0.3) is 5.91 Å². The SMILES string of the molecule is Cc1ncsc1C(=O)N1CC[C@H]2OCC(=O)N(C)[C@H]2C1. The summed E-state index contributed by atoms with van der Waals surface area (Å²) in [6, 6.07) is -0.0397. The Bertz CT molecular complexity index is 545. The Morgan fingerprint density at radius 1 is 1.55 bits per heavy atom. The minimum atomic E-state index is -0.0397. The minimum absolute atomic E-state index is 0.00914. The third kappa shape index (κ3) is 2.20. The van der Waals surface area contributed by atoms with Crippen molar-refractivity contribution >= 4 is 23.2 Å². The molecule has 2 fully saturated rings. The Morgan fingerprint density at radius 2 is 2.35 bits per heavy atom. The fourth-order valence-corrected chi connectivity index (χ4v) is 3.55. The van der Waals surface area contributed by atoms with Crippen molar-refractivity contribution in [3.8, 4) is 0 Å². The summed E-state index contributed by atoms with van der Waals surface area (Å²) < 4.78 is 5.57. The second kappa shape index (κ2) is 5.14. The number of likely N-dealkylation sites (N-methyl/N-ethyl adjacent to an activating group) is 1. The molecule has 3 rings (SSSR count). The van der Waals surface area contributed by atoms with Gasteiger partial charge in [0.15, 0.2) is 0 Å². The maximum atomic E-state index is 12.5. The summed E-state index contributed by atoms with van der Waals surface area (Å²) in [4.78, 5) is 32.5. The molecule has 108 valence electrons. The molecule has 2 aliphatic rings. The van der Waals surface area contributed by atoms with Gasteiger partial charge in [0.2, 0.25) is 5.91 Å². The van der Waals surface area contributed by atoms with E-state index in [0.29, 0.717) is 18.0 Å². The molecule has 2 aliphatic heterocycles. The van der Waals surface area contributed by atoms with Crippen molar-refractivity contribution in [1.29, 1.82) is 0 Å². The van der Waals surface area contributed by atoms with Gasteiger partial charge in [-0.25, -0.2) is 4.98 Å². The van der Waals surface area contributed by atoms with Crippen molar-refractivity contribution in [3.63, 3.8) is 0 Å². The molecule has 2 atom stereocenters. The van der Waals surface area contributed by atoms with Gasteiger partial charge in [0, 0.05) is 20.1 Å². The van der Waals surface area contributed by atoms with E-state index in [1.165, 1.54) is 11.3 Å². The van der Waals surface area contributed by atoms with Gasteiger partial charge in [-0.2, -0.15) is 0 Å². The smallest absolute Gasteiger partial charge is 0.265 e. The molecule has 0 saturated carbocycles. The third-order valence-electron chi connectivity index (χ3n) is 4.06. The summed E-state index contributed by atoms with van der Waals surface area (Å²) in [7, 11) is 1.79. The van der Waals surface area contributed by atoms with Crippen LogP contribution < -0.4 is 0 Å². The van der Waals surface area contributed by atoms with Crippen LogP contribution in [0.15, 0.2) is 5.51 Å². The molecule has 20 heavy (non-hydrogen) atoms. The van der Waals surface area contributed by atoms with Crippen LogP contribution in [-0.2, 0) is 9.53 Å². The average Bonchev–Trinajstić information content (AvgIpc) is 2.88. The van der Waals surface area contributed by atoms with Gasteiger partial charge >= 0.3 is 0 Å². The van der Waals surface area contributed by atoms with Crippen LogP contribution in [0.2, 0.25) is 0 Å². The lowest BCUT2D eigenvalue weighted by molar-refractivity contribution is -0.159. The number of aryl methyl sites for hydroxylation is 1. The molecule has 0 spiro atoms. The van der Waals surface area contributed by atoms with Crippen molar-refractivity contribution in [1.82, 2.24) is 14.8 Å². The first-order valence-electron chi connectivity index (χ1n) is 6.64. The first-order chi connectivity index (χ1) is 9.58. The number of carbonyl (C=O) groups is 2. The van der Waals surface area contributed by atoms with E-state index in [0.717, 1.165) is 12.1 Å². The highest BCUT2D eigenvalue weighted by Crippen LogP contribution is 2.25. The Morgan fingerprint density at radius 3 is 3.05 bits per heavy atom. The zero-order valence-electron chi connectivity index (χ0n) is 11.5. The van der Waals surface area contributed by atoms with Crippen molar-refractivity contribution < 1.29 is 14.3 Å². The second-order valence-electron chi connectivity index (χ2n) is 5.23. The summed E-state index contributed by atoms with van der Waals surface area (Å²) in [6.07, 6.45) is 0.815. The molecular weight excluding hydrogens is 278 g/mol. The van der Waals surface area contributed by atoms with Gasteiger partial charge in [-0.3, -0.25) is 9.59 Å². The van der Waals surface area contributed by atoms with Crippen molar-refractivity contribution in [2.75, 3.05) is 26.7 Å². The first-order valence-corrected chi connectivity index (χ1v) is 7.52. The van der Waals surface area contributed by atoms with E-state index in [9.17, 15) is 9.59 Å². The van der Waals surface area contributed by atoms with E-state index in [1.54, 1.807) is 22.4 Å². The largest absolute Gasteiger partial charge is 0.366 e. The number of rotatable bonds is 1. The van der Waals surface area contributed by atoms with Crippen LogP contribution in [0.4, 0.5) is 0 Å². The molecule has 0 unspecified atom stereocenters. The minimum Gasteiger partial charge on any atom is -0.366 e. The summed E-state index contributed by atoms with van der Waals surface area (Å²) in [5.41, 5.74) is 2.46. The molecule has 0 radical (unpaired) electrons. The summed E-state index contributed by atoms with van der Waals surface area (Å²) in [5.74, 6) is -0.00982. The van der Waals surface area contributed by atoms with E-state index in [-0.39, 0.29) is 30.6 Å². The molecule has 2 amide bonds. The van der Waals surface area contributed by atoms with E-state index in [4.69, 9.17) is 4.74 Å². The van der Waals surface area contributed by atoms with Crippen LogP contribution in [0.1, 0.15) is 21.8 Å². The van der Waals surface area contributed by atoms with E-state index in [1.807, 2.05) is 6.92 Å². The highest BCUT2D eigenvalue weighted by molar-refractivity contribution is 7.11. The van der Waals surface area contributed by atoms with Crippen molar-refractivity contribution in [2.45, 2.75) is 25.5 Å². The first kappa shape index (κ1) is 13.5. The summed E-state index contributed by atoms with van der Waals surface area (Å²) in [5, 5.41) is 0. The fraction of sp³-hybridized carbons (Fsp3) is 0.615. The quantitative estimate of drug-likeness (QED) is 0.758. The lowest BCUT2D eigenvalue weighted by atomic mass is 9.99. The molecule has 6 nitrogen and oxygen atoms in total. The molecule has 0 N–H and O–H groups in total. The Labute approximate surface area is 121 Å². The van der Waals surface area contributed by atoms with Crippen LogP contribution in [0.5, 0.6) is 0 Å². The van der Waals surface area contributed by atoms with Gasteiger partial charge < -0.3 is 14.5 Å². The molecule has 0 bridgehead atoms. The molecule has 7 heteroatoms. The molecule has 1 aromatic rings. The number of amides is 2.